The van der Waals surface area contributed by atoms with Crippen LogP contribution in [0.25, 0.3) is 0 Å². The van der Waals surface area contributed by atoms with Gasteiger partial charge in [-0.2, -0.15) is 0 Å². The van der Waals surface area contributed by atoms with E-state index in [0.717, 1.165) is 5.57 Å². The van der Waals surface area contributed by atoms with Crippen LogP contribution in [0.15, 0.2) is 11.6 Å². The van der Waals surface area contributed by atoms with Crippen LogP contribution in [-0.2, 0) is 19.1 Å². The van der Waals surface area contributed by atoms with Crippen molar-refractivity contribution in [3.05, 3.63) is 11.6 Å². The number of aliphatic hydroxyl groups is 1. The third-order valence-corrected chi connectivity index (χ3v) is 4.80. The predicted molar refractivity (Wildman–Crippen MR) is 90.8 cm³/mol. The molecule has 0 aliphatic heterocycles. The molecule has 1 fully saturated rings. The molecule has 134 valence electrons. The van der Waals surface area contributed by atoms with Crippen molar-refractivity contribution in [3.8, 4) is 11.8 Å². The Bertz CT molecular complexity index is 578. The maximum absolute atomic E-state index is 11.9. The van der Waals surface area contributed by atoms with E-state index < -0.39 is 11.0 Å². The van der Waals surface area contributed by atoms with Gasteiger partial charge in [0.1, 0.15) is 12.2 Å². The number of methoxy groups -OCH3 is 1. The van der Waals surface area contributed by atoms with Crippen molar-refractivity contribution in [2.75, 3.05) is 13.7 Å². The molecular formula is C19H28O5. The molecule has 0 aromatic carbocycles. The van der Waals surface area contributed by atoms with Crippen molar-refractivity contribution >= 4 is 11.9 Å². The lowest BCUT2D eigenvalue weighted by molar-refractivity contribution is -0.157. The van der Waals surface area contributed by atoms with E-state index in [0.29, 0.717) is 12.8 Å². The van der Waals surface area contributed by atoms with E-state index in [1.807, 2.05) is 20.8 Å². The molecule has 24 heavy (non-hydrogen) atoms. The van der Waals surface area contributed by atoms with Crippen molar-refractivity contribution in [2.24, 2.45) is 17.3 Å². The molecule has 5 heteroatoms. The number of ether oxygens (including phenoxy) is 2. The van der Waals surface area contributed by atoms with Crippen molar-refractivity contribution in [1.29, 1.82) is 0 Å². The van der Waals surface area contributed by atoms with Crippen LogP contribution in [0.4, 0.5) is 0 Å². The highest BCUT2D eigenvalue weighted by molar-refractivity contribution is 5.72. The summed E-state index contributed by atoms with van der Waals surface area (Å²) in [4.78, 5) is 22.6. The average molecular weight is 336 g/mol. The summed E-state index contributed by atoms with van der Waals surface area (Å²) in [5, 5.41) is 11.2. The van der Waals surface area contributed by atoms with E-state index in [-0.39, 0.29) is 30.4 Å². The molecular weight excluding hydrogens is 308 g/mol. The molecule has 0 amide bonds. The molecule has 0 spiro atoms. The second kappa shape index (κ2) is 7.85. The van der Waals surface area contributed by atoms with Gasteiger partial charge in [0, 0.05) is 12.3 Å². The summed E-state index contributed by atoms with van der Waals surface area (Å²) >= 11 is 0. The minimum absolute atomic E-state index is 0.164. The summed E-state index contributed by atoms with van der Waals surface area (Å²) in [5.74, 6) is 5.00. The Morgan fingerprint density at radius 3 is 2.46 bits per heavy atom. The quantitative estimate of drug-likeness (QED) is 0.633. The summed E-state index contributed by atoms with van der Waals surface area (Å²) < 4.78 is 9.70. The van der Waals surface area contributed by atoms with Crippen molar-refractivity contribution in [1.82, 2.24) is 0 Å². The Morgan fingerprint density at radius 2 is 1.96 bits per heavy atom. The van der Waals surface area contributed by atoms with Gasteiger partial charge in [0.05, 0.1) is 13.0 Å². The van der Waals surface area contributed by atoms with Crippen molar-refractivity contribution in [2.45, 2.75) is 53.1 Å². The molecule has 0 bridgehead atoms. The maximum Gasteiger partial charge on any atom is 0.308 e. The fraction of sp³-hybridized carbons (Fsp3) is 0.684. The predicted octanol–water partition coefficient (Wildman–Crippen LogP) is 2.48. The van der Waals surface area contributed by atoms with Gasteiger partial charge in [0.25, 0.3) is 0 Å². The first-order chi connectivity index (χ1) is 11.0. The van der Waals surface area contributed by atoms with Gasteiger partial charge in [-0.15, -0.1) is 0 Å². The first-order valence-corrected chi connectivity index (χ1v) is 8.17. The summed E-state index contributed by atoms with van der Waals surface area (Å²) in [7, 11) is 1.39. The molecule has 5 nitrogen and oxygen atoms in total. The Hall–Kier alpha value is -1.80. The lowest BCUT2D eigenvalue weighted by Gasteiger charge is -2.49. The SMILES string of the molecule is COC(=O)C1CC(C)C(O)(C#C/C(C)=C\COC(C)=O)C(C)(C)C1. The fourth-order valence-electron chi connectivity index (χ4n) is 3.29. The standard InChI is InChI=1S/C19H28O5/c1-13(8-10-24-15(3)20)7-9-19(22)14(2)11-16(17(21)23-6)12-18(19,4)5/h8,14,16,22H,10-12H2,1-6H3/b13-8-. The first kappa shape index (κ1) is 20.2. The zero-order valence-electron chi connectivity index (χ0n) is 15.4. The van der Waals surface area contributed by atoms with Gasteiger partial charge in [-0.1, -0.05) is 32.6 Å². The van der Waals surface area contributed by atoms with Gasteiger partial charge < -0.3 is 14.6 Å². The zero-order chi connectivity index (χ0) is 18.5. The number of carbonyl (C=O) groups excluding carboxylic acids is 2. The first-order valence-electron chi connectivity index (χ1n) is 8.17. The van der Waals surface area contributed by atoms with Gasteiger partial charge in [-0.05, 0) is 37.3 Å². The Labute approximate surface area is 144 Å². The number of esters is 2. The number of allylic oxidation sites excluding steroid dienone is 1. The van der Waals surface area contributed by atoms with Gasteiger partial charge in [0.15, 0.2) is 0 Å². The second-order valence-electron chi connectivity index (χ2n) is 7.15. The fourth-order valence-corrected chi connectivity index (χ4v) is 3.29. The highest BCUT2D eigenvalue weighted by atomic mass is 16.5. The molecule has 3 atom stereocenters. The number of hydrogen-bond donors (Lipinski definition) is 1. The van der Waals surface area contributed by atoms with Crippen LogP contribution >= 0.6 is 0 Å². The van der Waals surface area contributed by atoms with E-state index in [1.165, 1.54) is 14.0 Å². The highest BCUT2D eigenvalue weighted by Gasteiger charge is 2.53. The Kier molecular flexibility index (Phi) is 6.62. The van der Waals surface area contributed by atoms with Gasteiger partial charge in [-0.25, -0.2) is 0 Å². The third kappa shape index (κ3) is 4.61. The lowest BCUT2D eigenvalue weighted by Crippen LogP contribution is -2.54. The van der Waals surface area contributed by atoms with Crippen LogP contribution in [-0.4, -0.2) is 36.4 Å². The molecule has 1 N–H and O–H groups in total. The molecule has 0 radical (unpaired) electrons. The van der Waals surface area contributed by atoms with Crippen LogP contribution in [0.5, 0.6) is 0 Å². The Morgan fingerprint density at radius 1 is 1.33 bits per heavy atom. The average Bonchev–Trinajstić information content (AvgIpc) is 2.49. The van der Waals surface area contributed by atoms with Gasteiger partial charge in [0.2, 0.25) is 0 Å². The minimum Gasteiger partial charge on any atom is -0.469 e. The minimum atomic E-state index is -1.20. The topological polar surface area (TPSA) is 72.8 Å². The molecule has 0 heterocycles. The normalized spacial score (nSPS) is 29.2. The largest absolute Gasteiger partial charge is 0.469 e. The molecule has 0 aromatic heterocycles. The molecule has 1 aliphatic carbocycles. The van der Waals surface area contributed by atoms with Gasteiger partial charge >= 0.3 is 11.9 Å². The van der Waals surface area contributed by atoms with E-state index in [9.17, 15) is 14.7 Å². The van der Waals surface area contributed by atoms with E-state index in [1.54, 1.807) is 13.0 Å². The van der Waals surface area contributed by atoms with Crippen molar-refractivity contribution in [3.63, 3.8) is 0 Å². The van der Waals surface area contributed by atoms with Gasteiger partial charge in [-0.3, -0.25) is 9.59 Å². The molecule has 1 saturated carbocycles. The smallest absolute Gasteiger partial charge is 0.308 e. The Balaban J connectivity index is 2.96. The van der Waals surface area contributed by atoms with Crippen LogP contribution < -0.4 is 0 Å². The third-order valence-electron chi connectivity index (χ3n) is 4.80. The second-order valence-corrected chi connectivity index (χ2v) is 7.15. The van der Waals surface area contributed by atoms with Crippen molar-refractivity contribution < 1.29 is 24.2 Å². The van der Waals surface area contributed by atoms with Crippen LogP contribution in [0.3, 0.4) is 0 Å². The number of hydrogen-bond acceptors (Lipinski definition) is 5. The molecule has 1 rings (SSSR count). The molecule has 0 saturated heterocycles. The monoisotopic (exact) mass is 336 g/mol. The molecule has 0 aromatic rings. The maximum atomic E-state index is 11.9. The molecule has 1 aliphatic rings. The van der Waals surface area contributed by atoms with E-state index >= 15 is 0 Å². The van der Waals surface area contributed by atoms with E-state index in [2.05, 4.69) is 11.8 Å². The zero-order valence-corrected chi connectivity index (χ0v) is 15.4. The molecule has 3 unspecified atom stereocenters. The summed E-state index contributed by atoms with van der Waals surface area (Å²) in [5.41, 5.74) is -1.02. The van der Waals surface area contributed by atoms with E-state index in [4.69, 9.17) is 9.47 Å². The summed E-state index contributed by atoms with van der Waals surface area (Å²) in [6, 6.07) is 0. The van der Waals surface area contributed by atoms with Crippen LogP contribution in [0.1, 0.15) is 47.5 Å². The number of carbonyl (C=O) groups is 2. The van der Waals surface area contributed by atoms with Crippen LogP contribution in [0, 0.1) is 29.1 Å². The summed E-state index contributed by atoms with van der Waals surface area (Å²) in [6.07, 6.45) is 2.76. The van der Waals surface area contributed by atoms with Crippen LogP contribution in [0.2, 0.25) is 0 Å². The summed E-state index contributed by atoms with van der Waals surface area (Å²) in [6.45, 7) is 9.07. The number of rotatable bonds is 3. The lowest BCUT2D eigenvalue weighted by atomic mass is 9.58. The highest BCUT2D eigenvalue weighted by Crippen LogP contribution is 2.49.